The third kappa shape index (κ3) is 2.32. The Labute approximate surface area is 111 Å². The lowest BCUT2D eigenvalue weighted by Crippen LogP contribution is -2.04. The molecule has 0 atom stereocenters. The molecule has 1 aromatic carbocycles. The average Bonchev–Trinajstić information content (AvgIpc) is 2.83. The Morgan fingerprint density at radius 1 is 1.26 bits per heavy atom. The Morgan fingerprint density at radius 3 is 2.89 bits per heavy atom. The topological polar surface area (TPSA) is 25.2 Å². The number of benzene rings is 1. The van der Waals surface area contributed by atoms with Crippen LogP contribution in [0.25, 0.3) is 6.08 Å². The van der Waals surface area contributed by atoms with Gasteiger partial charge >= 0.3 is 0 Å². The fourth-order valence-electron chi connectivity index (χ4n) is 2.25. The quantitative estimate of drug-likeness (QED) is 0.821. The number of hydrogen-bond donors (Lipinski definition) is 0. The highest BCUT2D eigenvalue weighted by atomic mass is 19.1. The molecule has 0 spiro atoms. The maximum Gasteiger partial charge on any atom is 0.141 e. The Kier molecular flexibility index (Phi) is 2.95. The van der Waals surface area contributed by atoms with Crippen molar-refractivity contribution in [3.8, 4) is 0 Å². The number of fused-ring (bicyclic) bond motifs is 1. The van der Waals surface area contributed by atoms with Crippen molar-refractivity contribution in [1.82, 2.24) is 4.98 Å². The Bertz CT molecular complexity index is 657. The number of aliphatic imine (C=N–C) groups is 1. The van der Waals surface area contributed by atoms with Crippen LogP contribution in [0.15, 0.2) is 48.1 Å². The van der Waals surface area contributed by atoms with E-state index >= 15 is 0 Å². The summed E-state index contributed by atoms with van der Waals surface area (Å²) in [5, 5.41) is 0. The van der Waals surface area contributed by atoms with Gasteiger partial charge in [-0.05, 0) is 29.3 Å². The van der Waals surface area contributed by atoms with Crippen LogP contribution in [0.3, 0.4) is 0 Å². The molecule has 0 aliphatic carbocycles. The summed E-state index contributed by atoms with van der Waals surface area (Å²) in [5.74, 6) is -0.312. The highest BCUT2D eigenvalue weighted by Crippen LogP contribution is 2.22. The zero-order valence-corrected chi connectivity index (χ0v) is 10.4. The van der Waals surface area contributed by atoms with E-state index in [9.17, 15) is 4.39 Å². The van der Waals surface area contributed by atoms with Gasteiger partial charge in [-0.1, -0.05) is 24.8 Å². The maximum absolute atomic E-state index is 12.8. The minimum Gasteiger partial charge on any atom is -0.284 e. The summed E-state index contributed by atoms with van der Waals surface area (Å²) in [6, 6.07) is 9.34. The molecule has 1 aliphatic heterocycles. The van der Waals surface area contributed by atoms with Gasteiger partial charge in [-0.15, -0.1) is 0 Å². The zero-order valence-electron chi connectivity index (χ0n) is 10.4. The number of rotatable bonds is 3. The first-order chi connectivity index (χ1) is 9.26. The van der Waals surface area contributed by atoms with Gasteiger partial charge in [0, 0.05) is 23.4 Å². The molecule has 1 aliphatic rings. The van der Waals surface area contributed by atoms with E-state index < -0.39 is 0 Å². The molecule has 0 amide bonds. The zero-order chi connectivity index (χ0) is 13.2. The van der Waals surface area contributed by atoms with Crippen LogP contribution in [0.5, 0.6) is 0 Å². The molecule has 2 heterocycles. The van der Waals surface area contributed by atoms with Gasteiger partial charge in [0.1, 0.15) is 5.82 Å². The number of hydrogen-bond acceptors (Lipinski definition) is 2. The molecule has 2 nitrogen and oxygen atoms in total. The van der Waals surface area contributed by atoms with Crippen LogP contribution < -0.4 is 0 Å². The molecule has 0 saturated carbocycles. The summed E-state index contributed by atoms with van der Waals surface area (Å²) in [4.78, 5) is 8.62. The molecule has 3 rings (SSSR count). The monoisotopic (exact) mass is 252 g/mol. The van der Waals surface area contributed by atoms with Gasteiger partial charge in [-0.25, -0.2) is 4.39 Å². The molecule has 0 N–H and O–H groups in total. The Balaban J connectivity index is 1.86. The lowest BCUT2D eigenvalue weighted by molar-refractivity contribution is 0.620. The normalized spacial score (nSPS) is 13.0. The van der Waals surface area contributed by atoms with Crippen LogP contribution in [0.4, 0.5) is 4.39 Å². The molecule has 19 heavy (non-hydrogen) atoms. The van der Waals surface area contributed by atoms with Gasteiger partial charge in [0.15, 0.2) is 0 Å². The summed E-state index contributed by atoms with van der Waals surface area (Å²) in [6.07, 6.45) is 3.72. The molecule has 0 saturated heterocycles. The molecule has 0 bridgehead atoms. The highest BCUT2D eigenvalue weighted by Gasteiger charge is 2.16. The van der Waals surface area contributed by atoms with Crippen LogP contribution in [-0.2, 0) is 13.0 Å². The van der Waals surface area contributed by atoms with Crippen LogP contribution in [0.2, 0.25) is 0 Å². The van der Waals surface area contributed by atoms with E-state index in [-0.39, 0.29) is 5.82 Å². The van der Waals surface area contributed by atoms with Crippen molar-refractivity contribution in [3.63, 3.8) is 0 Å². The number of aromatic nitrogens is 1. The van der Waals surface area contributed by atoms with E-state index in [1.807, 2.05) is 12.1 Å². The van der Waals surface area contributed by atoms with Crippen molar-refractivity contribution in [2.75, 3.05) is 0 Å². The third-order valence-electron chi connectivity index (χ3n) is 3.25. The molecular formula is C16H13FN2. The SMILES string of the molecule is C=Cc1ccc2c(c1)CN=C2Cc1ccc(F)cn1. The molecule has 1 aromatic heterocycles. The predicted molar refractivity (Wildman–Crippen MR) is 74.7 cm³/mol. The molecule has 0 fully saturated rings. The van der Waals surface area contributed by atoms with Gasteiger partial charge < -0.3 is 0 Å². The van der Waals surface area contributed by atoms with Crippen molar-refractivity contribution < 1.29 is 4.39 Å². The van der Waals surface area contributed by atoms with Crippen LogP contribution in [-0.4, -0.2) is 10.7 Å². The second-order valence-electron chi connectivity index (χ2n) is 4.53. The Morgan fingerprint density at radius 2 is 2.16 bits per heavy atom. The molecule has 0 radical (unpaired) electrons. The second-order valence-corrected chi connectivity index (χ2v) is 4.53. The van der Waals surface area contributed by atoms with Crippen LogP contribution in [0, 0.1) is 5.82 Å². The summed E-state index contributed by atoms with van der Waals surface area (Å²) in [7, 11) is 0. The van der Waals surface area contributed by atoms with Crippen molar-refractivity contribution in [2.45, 2.75) is 13.0 Å². The van der Waals surface area contributed by atoms with Gasteiger partial charge in [0.2, 0.25) is 0 Å². The number of pyridine rings is 1. The highest BCUT2D eigenvalue weighted by molar-refractivity contribution is 6.04. The third-order valence-corrected chi connectivity index (χ3v) is 3.25. The Hall–Kier alpha value is -2.29. The largest absolute Gasteiger partial charge is 0.284 e. The van der Waals surface area contributed by atoms with E-state index in [4.69, 9.17) is 0 Å². The fraction of sp³-hybridized carbons (Fsp3) is 0.125. The van der Waals surface area contributed by atoms with E-state index in [2.05, 4.69) is 28.7 Å². The predicted octanol–water partition coefficient (Wildman–Crippen LogP) is 3.41. The van der Waals surface area contributed by atoms with Crippen LogP contribution >= 0.6 is 0 Å². The van der Waals surface area contributed by atoms with Gasteiger partial charge in [0.25, 0.3) is 0 Å². The van der Waals surface area contributed by atoms with Crippen molar-refractivity contribution >= 4 is 11.8 Å². The van der Waals surface area contributed by atoms with Crippen LogP contribution in [0.1, 0.15) is 22.4 Å². The standard InChI is InChI=1S/C16H13FN2/c1-2-11-3-6-15-12(7-11)9-19-16(15)8-14-5-4-13(17)10-18-14/h2-7,10H,1,8-9H2. The van der Waals surface area contributed by atoms with Crippen molar-refractivity contribution in [1.29, 1.82) is 0 Å². The average molecular weight is 252 g/mol. The van der Waals surface area contributed by atoms with Crippen molar-refractivity contribution in [3.05, 3.63) is 71.3 Å². The second kappa shape index (κ2) is 4.76. The number of nitrogens with zero attached hydrogens (tertiary/aromatic N) is 2. The molecule has 3 heteroatoms. The minimum absolute atomic E-state index is 0.312. The lowest BCUT2D eigenvalue weighted by atomic mass is 10.00. The molecule has 0 unspecified atom stereocenters. The molecule has 94 valence electrons. The van der Waals surface area contributed by atoms with E-state index in [1.54, 1.807) is 6.07 Å². The molecule has 2 aromatic rings. The first kappa shape index (κ1) is 11.8. The fourth-order valence-corrected chi connectivity index (χ4v) is 2.25. The summed E-state index contributed by atoms with van der Waals surface area (Å²) in [5.41, 5.74) is 5.34. The maximum atomic E-state index is 12.8. The smallest absolute Gasteiger partial charge is 0.141 e. The lowest BCUT2D eigenvalue weighted by Gasteiger charge is -2.04. The number of halogens is 1. The first-order valence-electron chi connectivity index (χ1n) is 6.16. The first-order valence-corrected chi connectivity index (χ1v) is 6.16. The van der Waals surface area contributed by atoms with Gasteiger partial charge in [-0.2, -0.15) is 0 Å². The summed E-state index contributed by atoms with van der Waals surface area (Å²) in [6.45, 7) is 4.47. The van der Waals surface area contributed by atoms with Gasteiger partial charge in [0.05, 0.1) is 12.7 Å². The van der Waals surface area contributed by atoms with E-state index in [0.717, 1.165) is 22.5 Å². The molecular weight excluding hydrogens is 239 g/mol. The van der Waals surface area contributed by atoms with E-state index in [0.29, 0.717) is 13.0 Å². The minimum atomic E-state index is -0.312. The summed E-state index contributed by atoms with van der Waals surface area (Å²) < 4.78 is 12.8. The van der Waals surface area contributed by atoms with E-state index in [1.165, 1.54) is 17.8 Å². The van der Waals surface area contributed by atoms with Gasteiger partial charge in [-0.3, -0.25) is 9.98 Å². The van der Waals surface area contributed by atoms with Crippen molar-refractivity contribution in [2.24, 2.45) is 4.99 Å². The summed E-state index contributed by atoms with van der Waals surface area (Å²) >= 11 is 0.